The zero-order valence-corrected chi connectivity index (χ0v) is 21.4. The second kappa shape index (κ2) is 12.6. The van der Waals surface area contributed by atoms with E-state index in [9.17, 15) is 9.90 Å². The number of ether oxygens (including phenoxy) is 2. The Morgan fingerprint density at radius 2 is 1.81 bits per heavy atom. The van der Waals surface area contributed by atoms with E-state index in [2.05, 4.69) is 20.7 Å². The Bertz CT molecular complexity index is 1360. The molecule has 3 aromatic carbocycles. The molecule has 1 amide bonds. The smallest absolute Gasteiger partial charge is 0.342 e. The molecule has 0 radical (unpaired) electrons. The topological polar surface area (TPSA) is 113 Å². The number of rotatable bonds is 11. The quantitative estimate of drug-likeness (QED) is 0.119. The van der Waals surface area contributed by atoms with Crippen molar-refractivity contribution in [1.29, 1.82) is 0 Å². The molecule has 0 fully saturated rings. The summed E-state index contributed by atoms with van der Waals surface area (Å²) in [6.07, 6.45) is 1.38. The first-order valence-electron chi connectivity index (χ1n) is 11.8. The average molecular weight is 519 g/mol. The number of para-hydroxylation sites is 1. The molecule has 1 aromatic heterocycles. The number of carbonyl (C=O) groups excluding carboxylic acids is 1. The fraction of sp³-hybridized carbons (Fsp3) is 0.185. The van der Waals surface area contributed by atoms with Gasteiger partial charge in [-0.3, -0.25) is 4.79 Å². The van der Waals surface area contributed by atoms with Crippen molar-refractivity contribution in [3.63, 3.8) is 0 Å². The maximum atomic E-state index is 12.5. The Labute approximate surface area is 219 Å². The lowest BCUT2D eigenvalue weighted by atomic mass is 10.2. The van der Waals surface area contributed by atoms with E-state index in [0.29, 0.717) is 29.7 Å². The number of amides is 1. The van der Waals surface area contributed by atoms with Crippen molar-refractivity contribution in [2.45, 2.75) is 19.0 Å². The predicted octanol–water partition coefficient (Wildman–Crippen LogP) is 4.10. The highest BCUT2D eigenvalue weighted by Crippen LogP contribution is 2.28. The fourth-order valence-electron chi connectivity index (χ4n) is 3.53. The molecule has 4 aromatic rings. The van der Waals surface area contributed by atoms with Crippen molar-refractivity contribution in [2.24, 2.45) is 5.10 Å². The van der Waals surface area contributed by atoms with Crippen LogP contribution in [-0.2, 0) is 4.79 Å². The van der Waals surface area contributed by atoms with Crippen molar-refractivity contribution in [2.75, 3.05) is 19.0 Å². The maximum Gasteiger partial charge on any atom is 0.342 e. The van der Waals surface area contributed by atoms with Crippen molar-refractivity contribution in [3.8, 4) is 34.3 Å². The molecule has 10 heteroatoms. The number of hydrazone groups is 1. The molecule has 190 valence electrons. The van der Waals surface area contributed by atoms with E-state index in [-0.39, 0.29) is 17.4 Å². The van der Waals surface area contributed by atoms with Crippen molar-refractivity contribution in [1.82, 2.24) is 15.6 Å². The van der Waals surface area contributed by atoms with Gasteiger partial charge in [-0.2, -0.15) is 9.67 Å². The van der Waals surface area contributed by atoms with Crippen molar-refractivity contribution >= 4 is 23.9 Å². The number of thioether (sulfide) groups is 1. The first-order valence-corrected chi connectivity index (χ1v) is 12.8. The van der Waals surface area contributed by atoms with E-state index in [1.165, 1.54) is 18.0 Å². The van der Waals surface area contributed by atoms with Crippen LogP contribution in [0.25, 0.3) is 17.1 Å². The minimum atomic E-state index is -0.316. The SMILES string of the molecule is CCOc1ccc(-[n+]2c(SCC(=O)N/N=C/c3cccc(OCC)c3O)n[nH]c2-c2ccccc2)cc1. The summed E-state index contributed by atoms with van der Waals surface area (Å²) in [7, 11) is 0. The number of nitrogens with zero attached hydrogens (tertiary/aromatic N) is 3. The van der Waals surface area contributed by atoms with Gasteiger partial charge in [0, 0.05) is 5.56 Å². The summed E-state index contributed by atoms with van der Waals surface area (Å²) in [5.41, 5.74) is 4.76. The Morgan fingerprint density at radius 3 is 2.54 bits per heavy atom. The Hall–Kier alpha value is -4.31. The number of benzene rings is 3. The molecule has 3 N–H and O–H groups in total. The van der Waals surface area contributed by atoms with E-state index in [1.54, 1.807) is 18.2 Å². The standard InChI is InChI=1S/C27H27N5O4S/c1-3-35-22-15-13-21(14-16-22)32-26(19-9-6-5-7-10-19)30-31-27(32)37-18-24(33)29-28-17-20-11-8-12-23(25(20)34)36-4-2/h5-17H,3-4,18H2,1-2H3,(H2,28,29,33,34)/p+1. The van der Waals surface area contributed by atoms with Gasteiger partial charge in [0.25, 0.3) is 11.7 Å². The Kier molecular flexibility index (Phi) is 8.77. The van der Waals surface area contributed by atoms with Crippen LogP contribution in [-0.4, -0.2) is 46.4 Å². The molecule has 0 unspecified atom stereocenters. The van der Waals surface area contributed by atoms with Crippen LogP contribution in [0.1, 0.15) is 19.4 Å². The molecular formula is C27H28N5O4S+. The monoisotopic (exact) mass is 518 g/mol. The average Bonchev–Trinajstić information content (AvgIpc) is 3.35. The maximum absolute atomic E-state index is 12.5. The molecule has 0 aliphatic rings. The number of H-pyrrole nitrogens is 1. The van der Waals surface area contributed by atoms with Crippen LogP contribution in [0.4, 0.5) is 0 Å². The number of nitrogens with one attached hydrogen (secondary N) is 2. The molecule has 0 aliphatic heterocycles. The number of aromatic hydroxyl groups is 1. The molecule has 1 heterocycles. The largest absolute Gasteiger partial charge is 0.504 e. The molecule has 4 rings (SSSR count). The second-order valence-corrected chi connectivity index (χ2v) is 8.63. The molecule has 0 spiro atoms. The van der Waals surface area contributed by atoms with Gasteiger partial charge >= 0.3 is 5.16 Å². The lowest BCUT2D eigenvalue weighted by Crippen LogP contribution is -2.34. The third-order valence-electron chi connectivity index (χ3n) is 5.18. The van der Waals surface area contributed by atoms with E-state index in [1.807, 2.05) is 73.0 Å². The van der Waals surface area contributed by atoms with Crippen LogP contribution in [0.2, 0.25) is 0 Å². The van der Waals surface area contributed by atoms with Gasteiger partial charge in [0.2, 0.25) is 0 Å². The van der Waals surface area contributed by atoms with Crippen LogP contribution in [0, 0.1) is 0 Å². The highest BCUT2D eigenvalue weighted by molar-refractivity contribution is 7.99. The summed E-state index contributed by atoms with van der Waals surface area (Å²) in [5, 5.41) is 22.4. The summed E-state index contributed by atoms with van der Waals surface area (Å²) >= 11 is 1.27. The molecular weight excluding hydrogens is 490 g/mol. The normalized spacial score (nSPS) is 11.0. The zero-order valence-electron chi connectivity index (χ0n) is 20.5. The van der Waals surface area contributed by atoms with Crippen LogP contribution in [0.5, 0.6) is 17.2 Å². The third kappa shape index (κ3) is 6.47. The van der Waals surface area contributed by atoms with Gasteiger partial charge in [-0.25, -0.2) is 5.43 Å². The minimum absolute atomic E-state index is 0.0296. The summed E-state index contributed by atoms with van der Waals surface area (Å²) in [5.74, 6) is 1.66. The highest BCUT2D eigenvalue weighted by Gasteiger charge is 2.24. The van der Waals surface area contributed by atoms with Gasteiger partial charge in [-0.05, 0) is 74.1 Å². The Morgan fingerprint density at radius 1 is 1.05 bits per heavy atom. The van der Waals surface area contributed by atoms with Crippen molar-refractivity contribution in [3.05, 3.63) is 78.4 Å². The number of aromatic nitrogens is 3. The Balaban J connectivity index is 1.48. The zero-order chi connectivity index (χ0) is 26.0. The molecule has 0 saturated heterocycles. The number of phenolic OH excluding ortho intramolecular Hbond substituents is 1. The van der Waals surface area contributed by atoms with Gasteiger partial charge in [0.05, 0.1) is 35.8 Å². The molecule has 0 bridgehead atoms. The van der Waals surface area contributed by atoms with E-state index >= 15 is 0 Å². The highest BCUT2D eigenvalue weighted by atomic mass is 32.2. The predicted molar refractivity (Wildman–Crippen MR) is 142 cm³/mol. The molecule has 0 aliphatic carbocycles. The van der Waals surface area contributed by atoms with Gasteiger partial charge in [-0.15, -0.1) is 5.10 Å². The van der Waals surface area contributed by atoms with Crippen LogP contribution in [0.15, 0.2) is 83.1 Å². The van der Waals surface area contributed by atoms with Crippen LogP contribution < -0.4 is 19.5 Å². The molecule has 37 heavy (non-hydrogen) atoms. The fourth-order valence-corrected chi connectivity index (χ4v) is 4.29. The molecule has 0 atom stereocenters. The van der Waals surface area contributed by atoms with Gasteiger partial charge in [0.15, 0.2) is 11.5 Å². The number of aromatic amines is 1. The van der Waals surface area contributed by atoms with Crippen LogP contribution in [0.3, 0.4) is 0 Å². The lowest BCUT2D eigenvalue weighted by molar-refractivity contribution is -0.625. The number of hydrogen-bond donors (Lipinski definition) is 3. The summed E-state index contributed by atoms with van der Waals surface area (Å²) in [6, 6.07) is 22.6. The minimum Gasteiger partial charge on any atom is -0.504 e. The van der Waals surface area contributed by atoms with Crippen molar-refractivity contribution < 1.29 is 23.9 Å². The second-order valence-electron chi connectivity index (χ2n) is 7.69. The lowest BCUT2D eigenvalue weighted by Gasteiger charge is -2.07. The first kappa shape index (κ1) is 25.8. The summed E-state index contributed by atoms with van der Waals surface area (Å²) < 4.78 is 12.9. The van der Waals surface area contributed by atoms with Gasteiger partial charge < -0.3 is 14.6 Å². The van der Waals surface area contributed by atoms with Gasteiger partial charge in [-0.1, -0.05) is 24.3 Å². The van der Waals surface area contributed by atoms with E-state index in [4.69, 9.17) is 9.47 Å². The summed E-state index contributed by atoms with van der Waals surface area (Å²) in [6.45, 7) is 4.79. The van der Waals surface area contributed by atoms with E-state index in [0.717, 1.165) is 22.8 Å². The summed E-state index contributed by atoms with van der Waals surface area (Å²) in [4.78, 5) is 12.5. The third-order valence-corrected chi connectivity index (χ3v) is 6.12. The van der Waals surface area contributed by atoms with Crippen LogP contribution >= 0.6 is 11.8 Å². The van der Waals surface area contributed by atoms with E-state index < -0.39 is 0 Å². The van der Waals surface area contributed by atoms with Gasteiger partial charge in [0.1, 0.15) is 11.4 Å². The molecule has 0 saturated carbocycles. The number of hydrogen-bond acceptors (Lipinski definition) is 7. The molecule has 9 nitrogen and oxygen atoms in total. The first-order chi connectivity index (χ1) is 18.1. The number of phenols is 1. The number of carbonyl (C=O) groups is 1.